The summed E-state index contributed by atoms with van der Waals surface area (Å²) in [6.07, 6.45) is 6.80. The van der Waals surface area contributed by atoms with Crippen LogP contribution in [0.3, 0.4) is 0 Å². The number of hydrazine groups is 1. The summed E-state index contributed by atoms with van der Waals surface area (Å²) in [5, 5.41) is 5.11. The van der Waals surface area contributed by atoms with Crippen molar-refractivity contribution in [2.24, 2.45) is 11.0 Å². The second-order valence-electron chi connectivity index (χ2n) is 10.6. The van der Waals surface area contributed by atoms with Gasteiger partial charge in [-0.2, -0.15) is 0 Å². The molecule has 2 aromatic carbocycles. The number of rotatable bonds is 9. The van der Waals surface area contributed by atoms with Crippen LogP contribution in [-0.2, 0) is 17.8 Å². The number of nitrogens with one attached hydrogen (secondary N) is 1. The number of amides is 2. The topological polar surface area (TPSA) is 111 Å². The summed E-state index contributed by atoms with van der Waals surface area (Å²) in [6.45, 7) is 2.74. The number of carbonyl (C=O) groups excluding carboxylic acids is 2. The molecule has 2 aromatic rings. The van der Waals surface area contributed by atoms with E-state index in [2.05, 4.69) is 27.3 Å². The summed E-state index contributed by atoms with van der Waals surface area (Å²) in [6, 6.07) is 18.0. The Morgan fingerprint density at radius 2 is 1.82 bits per heavy atom. The fourth-order valence-electron chi connectivity index (χ4n) is 5.41. The summed E-state index contributed by atoms with van der Waals surface area (Å²) < 4.78 is 5.48. The van der Waals surface area contributed by atoms with Gasteiger partial charge in [0.15, 0.2) is 0 Å². The molecule has 0 radical (unpaired) electrons. The Kier molecular flexibility index (Phi) is 7.96. The molecule has 38 heavy (non-hydrogen) atoms. The first-order chi connectivity index (χ1) is 18.5. The summed E-state index contributed by atoms with van der Waals surface area (Å²) in [5.41, 5.74) is 15.7. The molecule has 9 heteroatoms. The number of azide groups is 1. The summed E-state index contributed by atoms with van der Waals surface area (Å²) >= 11 is 0. The Bertz CT molecular complexity index is 1220. The minimum absolute atomic E-state index is 0.0790. The number of hydrogen-bond acceptors (Lipinski definition) is 5. The predicted molar refractivity (Wildman–Crippen MR) is 144 cm³/mol. The maximum absolute atomic E-state index is 13.6. The van der Waals surface area contributed by atoms with E-state index in [1.165, 1.54) is 5.01 Å². The Hall–Kier alpha value is -3.81. The van der Waals surface area contributed by atoms with Gasteiger partial charge in [-0.25, -0.2) is 15.2 Å². The maximum atomic E-state index is 13.6. The molecule has 198 valence electrons. The Morgan fingerprint density at radius 1 is 1.08 bits per heavy atom. The number of fused-ring (bicyclic) bond motifs is 1. The first-order valence-electron chi connectivity index (χ1n) is 13.4. The van der Waals surface area contributed by atoms with Gasteiger partial charge in [-0.3, -0.25) is 4.79 Å². The molecule has 2 amide bonds. The van der Waals surface area contributed by atoms with E-state index in [9.17, 15) is 9.59 Å². The first kappa shape index (κ1) is 25.8. The molecule has 3 unspecified atom stereocenters. The molecular formula is C29H34N6O3. The molecule has 2 saturated carbocycles. The van der Waals surface area contributed by atoms with Crippen molar-refractivity contribution in [3.05, 3.63) is 93.5 Å². The van der Waals surface area contributed by atoms with Crippen molar-refractivity contribution in [1.82, 2.24) is 15.3 Å². The third-order valence-electron chi connectivity index (χ3n) is 7.51. The van der Waals surface area contributed by atoms with Crippen LogP contribution in [0, 0.1) is 5.92 Å². The minimum atomic E-state index is -0.420. The van der Waals surface area contributed by atoms with Gasteiger partial charge >= 0.3 is 6.09 Å². The van der Waals surface area contributed by atoms with E-state index >= 15 is 0 Å². The molecule has 0 aromatic heterocycles. The average Bonchev–Trinajstić information content (AvgIpc) is 3.68. The van der Waals surface area contributed by atoms with E-state index < -0.39 is 6.09 Å². The molecule has 5 rings (SSSR count). The zero-order valence-corrected chi connectivity index (χ0v) is 21.7. The van der Waals surface area contributed by atoms with Crippen molar-refractivity contribution in [2.75, 3.05) is 6.54 Å². The molecule has 1 heterocycles. The predicted octanol–water partition coefficient (Wildman–Crippen LogP) is 5.74. The second kappa shape index (κ2) is 11.7. The Labute approximate surface area is 223 Å². The molecule has 0 spiro atoms. The van der Waals surface area contributed by atoms with Gasteiger partial charge in [0.2, 0.25) is 0 Å². The van der Waals surface area contributed by atoms with Crippen molar-refractivity contribution in [2.45, 2.75) is 70.2 Å². The third kappa shape index (κ3) is 6.18. The summed E-state index contributed by atoms with van der Waals surface area (Å²) in [4.78, 5) is 31.2. The molecule has 2 aliphatic carbocycles. The molecule has 1 N–H and O–H groups in total. The van der Waals surface area contributed by atoms with Crippen molar-refractivity contribution in [1.29, 1.82) is 0 Å². The first-order valence-corrected chi connectivity index (χ1v) is 13.4. The lowest BCUT2D eigenvalue weighted by Gasteiger charge is -2.37. The van der Waals surface area contributed by atoms with Gasteiger partial charge in [0, 0.05) is 41.3 Å². The number of benzene rings is 2. The van der Waals surface area contributed by atoms with E-state index in [0.29, 0.717) is 12.1 Å². The summed E-state index contributed by atoms with van der Waals surface area (Å²) in [7, 11) is 0. The van der Waals surface area contributed by atoms with Crippen molar-refractivity contribution in [3.8, 4) is 0 Å². The molecular weight excluding hydrogens is 480 g/mol. The zero-order valence-electron chi connectivity index (χ0n) is 21.7. The minimum Gasteiger partial charge on any atom is -0.443 e. The van der Waals surface area contributed by atoms with E-state index in [-0.39, 0.29) is 36.6 Å². The van der Waals surface area contributed by atoms with E-state index in [1.54, 1.807) is 0 Å². The van der Waals surface area contributed by atoms with Crippen LogP contribution in [-0.4, -0.2) is 46.6 Å². The van der Waals surface area contributed by atoms with Gasteiger partial charge < -0.3 is 9.64 Å². The fourth-order valence-corrected chi connectivity index (χ4v) is 5.41. The van der Waals surface area contributed by atoms with Crippen LogP contribution < -0.4 is 5.43 Å². The highest BCUT2D eigenvalue weighted by Gasteiger charge is 2.42. The second-order valence-corrected chi connectivity index (χ2v) is 10.6. The van der Waals surface area contributed by atoms with Gasteiger partial charge in [0.1, 0.15) is 6.61 Å². The largest absolute Gasteiger partial charge is 0.443 e. The van der Waals surface area contributed by atoms with Gasteiger partial charge in [-0.1, -0.05) is 54.5 Å². The van der Waals surface area contributed by atoms with Crippen LogP contribution in [0.2, 0.25) is 0 Å². The lowest BCUT2D eigenvalue weighted by atomic mass is 9.86. The third-order valence-corrected chi connectivity index (χ3v) is 7.51. The van der Waals surface area contributed by atoms with Gasteiger partial charge in [-0.15, -0.1) is 0 Å². The van der Waals surface area contributed by atoms with Crippen LogP contribution in [0.1, 0.15) is 60.5 Å². The van der Waals surface area contributed by atoms with E-state index in [0.717, 1.165) is 55.2 Å². The fraction of sp³-hybridized carbons (Fsp3) is 0.448. The maximum Gasteiger partial charge on any atom is 0.428 e. The SMILES string of the molecule is CC(CN=[N+]=[N-])Cc1ccc(C(=O)N(C2CC2)C2CCC3NN(C(=O)OCc4ccccc4)C=C3C2)cc1. The molecule has 0 saturated heterocycles. The number of ether oxygens (including phenoxy) is 1. The number of hydrogen-bond donors (Lipinski definition) is 1. The molecule has 0 bridgehead atoms. The van der Waals surface area contributed by atoms with Crippen LogP contribution in [0.15, 0.2) is 71.5 Å². The molecule has 1 aliphatic heterocycles. The number of nitrogens with zero attached hydrogens (tertiary/aromatic N) is 5. The smallest absolute Gasteiger partial charge is 0.428 e. The lowest BCUT2D eigenvalue weighted by Crippen LogP contribution is -2.47. The van der Waals surface area contributed by atoms with Crippen LogP contribution in [0.25, 0.3) is 10.4 Å². The quantitative estimate of drug-likeness (QED) is 0.261. The number of carbonyl (C=O) groups is 2. The van der Waals surface area contributed by atoms with Gasteiger partial charge in [0.25, 0.3) is 5.91 Å². The van der Waals surface area contributed by atoms with Crippen LogP contribution in [0.5, 0.6) is 0 Å². The van der Waals surface area contributed by atoms with Crippen molar-refractivity contribution in [3.63, 3.8) is 0 Å². The molecule has 2 fully saturated rings. The molecule has 3 atom stereocenters. The lowest BCUT2D eigenvalue weighted by molar-refractivity contribution is 0.0625. The van der Waals surface area contributed by atoms with Gasteiger partial charge in [0.05, 0.1) is 0 Å². The highest BCUT2D eigenvalue weighted by atomic mass is 16.6. The van der Waals surface area contributed by atoms with E-state index in [4.69, 9.17) is 10.3 Å². The Balaban J connectivity index is 1.21. The monoisotopic (exact) mass is 514 g/mol. The van der Waals surface area contributed by atoms with Crippen LogP contribution in [0.4, 0.5) is 4.79 Å². The zero-order chi connectivity index (χ0) is 26.5. The molecule has 3 aliphatic rings. The molecule has 9 nitrogen and oxygen atoms in total. The average molecular weight is 515 g/mol. The standard InChI is InChI=1S/C29H34N6O3/c1-20(17-31-33-30)15-21-7-9-23(10-8-21)28(36)35(25-11-12-25)26-13-14-27-24(16-26)18-34(32-27)29(37)38-19-22-5-3-2-4-6-22/h2-10,18,20,25-27,32H,11-17,19H2,1H3. The van der Waals surface area contributed by atoms with Gasteiger partial charge in [-0.05, 0) is 78.8 Å². The highest BCUT2D eigenvalue weighted by molar-refractivity contribution is 5.95. The Morgan fingerprint density at radius 3 is 2.53 bits per heavy atom. The van der Waals surface area contributed by atoms with Crippen molar-refractivity contribution >= 4 is 12.0 Å². The van der Waals surface area contributed by atoms with Crippen molar-refractivity contribution < 1.29 is 14.3 Å². The highest BCUT2D eigenvalue weighted by Crippen LogP contribution is 2.38. The van der Waals surface area contributed by atoms with E-state index in [1.807, 2.05) is 60.8 Å². The van der Waals surface area contributed by atoms with Crippen LogP contribution >= 0.6 is 0 Å². The summed E-state index contributed by atoms with van der Waals surface area (Å²) in [5.74, 6) is 0.324. The normalized spacial score (nSPS) is 21.1.